The van der Waals surface area contributed by atoms with E-state index in [1.165, 1.54) is 56.9 Å². The van der Waals surface area contributed by atoms with Gasteiger partial charge >= 0.3 is 0 Å². The number of unbranched alkanes of at least 4 members (excludes halogenated alkanes) is 4. The maximum Gasteiger partial charge on any atom is 0.0991 e. The molecule has 0 heterocycles. The number of rotatable bonds is 8. The highest BCUT2D eigenvalue weighted by atomic mass is 19.1. The molecule has 1 nitrogen and oxygen atoms in total. The molecule has 124 valence electrons. The summed E-state index contributed by atoms with van der Waals surface area (Å²) in [7, 11) is 0. The van der Waals surface area contributed by atoms with Gasteiger partial charge in [0.15, 0.2) is 0 Å². The van der Waals surface area contributed by atoms with Crippen molar-refractivity contribution < 1.29 is 4.39 Å². The van der Waals surface area contributed by atoms with Crippen LogP contribution in [0.2, 0.25) is 0 Å². The fourth-order valence-electron chi connectivity index (χ4n) is 3.73. The first-order valence-electron chi connectivity index (χ1n) is 9.08. The summed E-state index contributed by atoms with van der Waals surface area (Å²) in [5.41, 5.74) is 2.16. The smallest absolute Gasteiger partial charge is 0.0991 e. The van der Waals surface area contributed by atoms with Crippen molar-refractivity contribution in [3.05, 3.63) is 47.8 Å². The molecule has 1 saturated carbocycles. The lowest BCUT2D eigenvalue weighted by molar-refractivity contribution is 0.302. The molecule has 2 rings (SSSR count). The number of nitrogens with zero attached hydrogens (tertiary/aromatic N) is 1. The average molecular weight is 313 g/mol. The van der Waals surface area contributed by atoms with Gasteiger partial charge in [-0.3, -0.25) is 0 Å². The highest BCUT2D eigenvalue weighted by Crippen LogP contribution is 2.37. The van der Waals surface area contributed by atoms with E-state index >= 15 is 0 Å². The Morgan fingerprint density at radius 3 is 2.35 bits per heavy atom. The van der Waals surface area contributed by atoms with Gasteiger partial charge < -0.3 is 0 Å². The zero-order chi connectivity index (χ0) is 16.3. The minimum absolute atomic E-state index is 0.659. The van der Waals surface area contributed by atoms with Crippen LogP contribution < -0.4 is 0 Å². The molecule has 1 aromatic carbocycles. The van der Waals surface area contributed by atoms with Gasteiger partial charge in [-0.15, -0.1) is 0 Å². The molecule has 1 fully saturated rings. The summed E-state index contributed by atoms with van der Waals surface area (Å²) in [6.07, 6.45) is 14.7. The van der Waals surface area contributed by atoms with Gasteiger partial charge in [0, 0.05) is 0 Å². The van der Waals surface area contributed by atoms with Crippen LogP contribution in [-0.4, -0.2) is 0 Å². The fraction of sp³-hybridized carbons (Fsp3) is 0.571. The molecule has 2 heteroatoms. The van der Waals surface area contributed by atoms with Gasteiger partial charge in [0.2, 0.25) is 0 Å². The Balaban J connectivity index is 1.61. The van der Waals surface area contributed by atoms with Crippen LogP contribution in [0.25, 0.3) is 0 Å². The SMILES string of the molecule is N#Cc1ccc(C2CCC(CCCCCCC=CF)CC2)cc1. The lowest BCUT2D eigenvalue weighted by Gasteiger charge is -2.29. The molecule has 0 spiro atoms. The van der Waals surface area contributed by atoms with E-state index in [1.807, 2.05) is 12.1 Å². The third-order valence-corrected chi connectivity index (χ3v) is 5.18. The van der Waals surface area contributed by atoms with Crippen molar-refractivity contribution in [2.24, 2.45) is 5.92 Å². The maximum absolute atomic E-state index is 11.8. The van der Waals surface area contributed by atoms with Gasteiger partial charge in [-0.1, -0.05) is 43.9 Å². The van der Waals surface area contributed by atoms with Gasteiger partial charge in [-0.2, -0.15) is 5.26 Å². The van der Waals surface area contributed by atoms with E-state index in [4.69, 9.17) is 5.26 Å². The number of benzene rings is 1. The molecule has 0 atom stereocenters. The average Bonchev–Trinajstić information content (AvgIpc) is 2.61. The van der Waals surface area contributed by atoms with Crippen molar-refractivity contribution in [2.75, 3.05) is 0 Å². The Hall–Kier alpha value is -1.62. The topological polar surface area (TPSA) is 23.8 Å². The van der Waals surface area contributed by atoms with Crippen molar-refractivity contribution in [1.82, 2.24) is 0 Å². The third kappa shape index (κ3) is 6.18. The molecule has 0 amide bonds. The standard InChI is InChI=1S/C21H28FN/c22-16-6-4-2-1-3-5-7-18-8-12-20(13-9-18)21-14-10-19(17-23)11-15-21/h6,10-11,14-16,18,20H,1-5,7-9,12-13H2. The van der Waals surface area contributed by atoms with Crippen LogP contribution >= 0.6 is 0 Å². The van der Waals surface area contributed by atoms with Crippen molar-refractivity contribution in [3.8, 4) is 6.07 Å². The van der Waals surface area contributed by atoms with Crippen LogP contribution in [0.1, 0.15) is 81.3 Å². The summed E-state index contributed by atoms with van der Waals surface area (Å²) in [5, 5.41) is 8.87. The van der Waals surface area contributed by atoms with Gasteiger partial charge in [-0.25, -0.2) is 4.39 Å². The Kier molecular flexibility index (Phi) is 7.87. The first kappa shape index (κ1) is 17.7. The fourth-order valence-corrected chi connectivity index (χ4v) is 3.73. The van der Waals surface area contributed by atoms with Crippen LogP contribution in [0.15, 0.2) is 36.7 Å². The van der Waals surface area contributed by atoms with Crippen molar-refractivity contribution in [3.63, 3.8) is 0 Å². The summed E-state index contributed by atoms with van der Waals surface area (Å²) < 4.78 is 11.8. The molecule has 23 heavy (non-hydrogen) atoms. The Bertz CT molecular complexity index is 504. The predicted molar refractivity (Wildman–Crippen MR) is 93.8 cm³/mol. The molecule has 0 bridgehead atoms. The lowest BCUT2D eigenvalue weighted by Crippen LogP contribution is -2.13. The van der Waals surface area contributed by atoms with Crippen molar-refractivity contribution in [2.45, 2.75) is 70.1 Å². The van der Waals surface area contributed by atoms with E-state index in [0.29, 0.717) is 12.2 Å². The zero-order valence-corrected chi connectivity index (χ0v) is 14.0. The van der Waals surface area contributed by atoms with Crippen LogP contribution in [0, 0.1) is 17.2 Å². The normalized spacial score (nSPS) is 21.4. The largest absolute Gasteiger partial charge is 0.216 e. The Morgan fingerprint density at radius 1 is 1.00 bits per heavy atom. The Morgan fingerprint density at radius 2 is 1.70 bits per heavy atom. The van der Waals surface area contributed by atoms with E-state index in [0.717, 1.165) is 24.3 Å². The zero-order valence-electron chi connectivity index (χ0n) is 14.0. The minimum atomic E-state index is 0.659. The summed E-state index contributed by atoms with van der Waals surface area (Å²) in [6.45, 7) is 0. The molecule has 0 N–H and O–H groups in total. The van der Waals surface area contributed by atoms with E-state index in [9.17, 15) is 4.39 Å². The van der Waals surface area contributed by atoms with Crippen LogP contribution in [0.4, 0.5) is 4.39 Å². The molecular weight excluding hydrogens is 285 g/mol. The number of halogens is 1. The van der Waals surface area contributed by atoms with Gasteiger partial charge in [0.25, 0.3) is 0 Å². The highest BCUT2D eigenvalue weighted by Gasteiger charge is 2.21. The summed E-state index contributed by atoms with van der Waals surface area (Å²) in [6, 6.07) is 10.3. The Labute approximate surface area is 140 Å². The first-order chi connectivity index (χ1) is 11.3. The van der Waals surface area contributed by atoms with Crippen LogP contribution in [0.3, 0.4) is 0 Å². The van der Waals surface area contributed by atoms with Crippen molar-refractivity contribution in [1.29, 1.82) is 5.26 Å². The number of hydrogen-bond acceptors (Lipinski definition) is 1. The molecule has 0 unspecified atom stereocenters. The number of allylic oxidation sites excluding steroid dienone is 1. The molecule has 1 aliphatic rings. The second-order valence-corrected chi connectivity index (χ2v) is 6.80. The summed E-state index contributed by atoms with van der Waals surface area (Å²) >= 11 is 0. The molecule has 0 saturated heterocycles. The van der Waals surface area contributed by atoms with E-state index < -0.39 is 0 Å². The van der Waals surface area contributed by atoms with E-state index in [-0.39, 0.29) is 0 Å². The minimum Gasteiger partial charge on any atom is -0.216 e. The van der Waals surface area contributed by atoms with E-state index in [1.54, 1.807) is 6.08 Å². The van der Waals surface area contributed by atoms with Crippen LogP contribution in [-0.2, 0) is 0 Å². The summed E-state index contributed by atoms with van der Waals surface area (Å²) in [5.74, 6) is 1.59. The predicted octanol–water partition coefficient (Wildman–Crippen LogP) is 6.66. The number of nitriles is 1. The van der Waals surface area contributed by atoms with Gasteiger partial charge in [0.1, 0.15) is 0 Å². The molecular formula is C21H28FN. The second kappa shape index (κ2) is 10.2. The molecule has 0 radical (unpaired) electrons. The van der Waals surface area contributed by atoms with Gasteiger partial charge in [-0.05, 0) is 68.1 Å². The quantitative estimate of drug-likeness (QED) is 0.492. The highest BCUT2D eigenvalue weighted by molar-refractivity contribution is 5.33. The lowest BCUT2D eigenvalue weighted by atomic mass is 9.77. The number of hydrogen-bond donors (Lipinski definition) is 0. The van der Waals surface area contributed by atoms with Crippen LogP contribution in [0.5, 0.6) is 0 Å². The molecule has 0 aliphatic heterocycles. The monoisotopic (exact) mass is 313 g/mol. The molecule has 1 aromatic rings. The molecule has 1 aliphatic carbocycles. The van der Waals surface area contributed by atoms with Crippen molar-refractivity contribution >= 4 is 0 Å². The van der Waals surface area contributed by atoms with E-state index in [2.05, 4.69) is 18.2 Å². The maximum atomic E-state index is 11.8. The second-order valence-electron chi connectivity index (χ2n) is 6.80. The molecule has 0 aromatic heterocycles. The van der Waals surface area contributed by atoms with Gasteiger partial charge in [0.05, 0.1) is 18.0 Å². The first-order valence-corrected chi connectivity index (χ1v) is 9.08. The summed E-state index contributed by atoms with van der Waals surface area (Å²) in [4.78, 5) is 0. The third-order valence-electron chi connectivity index (χ3n) is 5.18.